The third kappa shape index (κ3) is 3.26. The quantitative estimate of drug-likeness (QED) is 0.582. The van der Waals surface area contributed by atoms with Gasteiger partial charge in [-0.05, 0) is 32.9 Å². The van der Waals surface area contributed by atoms with Gasteiger partial charge in [0.1, 0.15) is 5.82 Å². The fraction of sp³-hybridized carbons (Fsp3) is 0.294. The van der Waals surface area contributed by atoms with Gasteiger partial charge < -0.3 is 9.55 Å². The van der Waals surface area contributed by atoms with E-state index in [2.05, 4.69) is 15.0 Å². The summed E-state index contributed by atoms with van der Waals surface area (Å²) in [5, 5.41) is 1.03. The number of para-hydroxylation sites is 1. The van der Waals surface area contributed by atoms with E-state index in [4.69, 9.17) is 0 Å². The molecule has 3 rings (SSSR count). The first-order valence-electron chi connectivity index (χ1n) is 7.70. The Hall–Kier alpha value is -2.41. The van der Waals surface area contributed by atoms with Gasteiger partial charge in [0, 0.05) is 18.3 Å². The van der Waals surface area contributed by atoms with Crippen LogP contribution in [0.5, 0.6) is 0 Å². The minimum Gasteiger partial charge on any atom is -0.325 e. The van der Waals surface area contributed by atoms with E-state index >= 15 is 0 Å². The van der Waals surface area contributed by atoms with E-state index in [-0.39, 0.29) is 22.4 Å². The third-order valence-electron chi connectivity index (χ3n) is 3.66. The molecule has 124 valence electrons. The highest BCUT2D eigenvalue weighted by Gasteiger charge is 2.16. The molecule has 2 heterocycles. The molecule has 24 heavy (non-hydrogen) atoms. The SMILES string of the molecule is CC(C)n1ccc(=O)nc1S[C@@H](C)c1nc2ccccc2c(=O)[nH]1. The number of H-pyrrole nitrogens is 1. The number of hydrogen-bond donors (Lipinski definition) is 1. The zero-order chi connectivity index (χ0) is 17.3. The zero-order valence-corrected chi connectivity index (χ0v) is 14.5. The number of fused-ring (bicyclic) bond motifs is 1. The minimum atomic E-state index is -0.276. The molecule has 7 heteroatoms. The van der Waals surface area contributed by atoms with Gasteiger partial charge in [-0.1, -0.05) is 23.9 Å². The summed E-state index contributed by atoms with van der Waals surface area (Å²) in [6.07, 6.45) is 1.74. The average Bonchev–Trinajstić information content (AvgIpc) is 2.54. The molecule has 0 saturated heterocycles. The predicted octanol–water partition coefficient (Wildman–Crippen LogP) is 2.91. The largest absolute Gasteiger partial charge is 0.325 e. The maximum atomic E-state index is 12.2. The number of aromatic amines is 1. The fourth-order valence-electron chi connectivity index (χ4n) is 2.39. The van der Waals surface area contributed by atoms with Gasteiger partial charge in [0.2, 0.25) is 0 Å². The number of benzene rings is 1. The van der Waals surface area contributed by atoms with Crippen molar-refractivity contribution in [3.05, 3.63) is 63.1 Å². The summed E-state index contributed by atoms with van der Waals surface area (Å²) >= 11 is 1.40. The lowest BCUT2D eigenvalue weighted by Crippen LogP contribution is -2.16. The summed E-state index contributed by atoms with van der Waals surface area (Å²) in [5.41, 5.74) is 0.220. The first kappa shape index (κ1) is 16.4. The Balaban J connectivity index is 1.99. The van der Waals surface area contributed by atoms with Crippen molar-refractivity contribution >= 4 is 22.7 Å². The van der Waals surface area contributed by atoms with E-state index in [1.807, 2.05) is 43.5 Å². The molecule has 0 amide bonds. The van der Waals surface area contributed by atoms with Crippen LogP contribution in [0.4, 0.5) is 0 Å². The summed E-state index contributed by atoms with van der Waals surface area (Å²) in [6, 6.07) is 8.85. The number of nitrogens with zero attached hydrogens (tertiary/aromatic N) is 3. The molecule has 0 spiro atoms. The van der Waals surface area contributed by atoms with Crippen molar-refractivity contribution in [1.29, 1.82) is 0 Å². The van der Waals surface area contributed by atoms with E-state index in [1.54, 1.807) is 12.3 Å². The van der Waals surface area contributed by atoms with Gasteiger partial charge in [0.25, 0.3) is 11.1 Å². The summed E-state index contributed by atoms with van der Waals surface area (Å²) in [7, 11) is 0. The standard InChI is InChI=1S/C17H18N4O2S/c1-10(2)21-9-8-14(22)19-17(21)24-11(3)15-18-13-7-5-4-6-12(13)16(23)20-15/h4-11H,1-3H3,(H,18,20,23)/t11-/m0/s1. The number of nitrogens with one attached hydrogen (secondary N) is 1. The molecule has 0 bridgehead atoms. The second kappa shape index (κ2) is 6.60. The maximum absolute atomic E-state index is 12.2. The smallest absolute Gasteiger partial charge is 0.273 e. The average molecular weight is 342 g/mol. The van der Waals surface area contributed by atoms with Crippen LogP contribution in [0, 0.1) is 0 Å². The van der Waals surface area contributed by atoms with E-state index in [9.17, 15) is 9.59 Å². The van der Waals surface area contributed by atoms with Gasteiger partial charge in [-0.25, -0.2) is 4.98 Å². The molecule has 1 atom stereocenters. The molecule has 6 nitrogen and oxygen atoms in total. The van der Waals surface area contributed by atoms with Crippen LogP contribution in [-0.2, 0) is 0 Å². The lowest BCUT2D eigenvalue weighted by atomic mass is 10.2. The van der Waals surface area contributed by atoms with Crippen molar-refractivity contribution in [3.8, 4) is 0 Å². The summed E-state index contributed by atoms with van der Waals surface area (Å²) in [4.78, 5) is 35.3. The molecule has 0 aliphatic heterocycles. The molecular formula is C17H18N4O2S. The van der Waals surface area contributed by atoms with Crippen LogP contribution in [0.25, 0.3) is 10.9 Å². The first-order chi connectivity index (χ1) is 11.5. The van der Waals surface area contributed by atoms with E-state index in [1.165, 1.54) is 17.8 Å². The molecule has 0 aliphatic rings. The van der Waals surface area contributed by atoms with E-state index in [0.29, 0.717) is 21.9 Å². The van der Waals surface area contributed by atoms with Crippen LogP contribution in [0.15, 0.2) is 51.3 Å². The third-order valence-corrected chi connectivity index (χ3v) is 4.75. The Kier molecular flexibility index (Phi) is 4.53. The molecule has 0 saturated carbocycles. The Labute approximate surface area is 143 Å². The number of hydrogen-bond acceptors (Lipinski definition) is 5. The Morgan fingerprint density at radius 1 is 1.08 bits per heavy atom. The van der Waals surface area contributed by atoms with Crippen molar-refractivity contribution in [2.75, 3.05) is 0 Å². The van der Waals surface area contributed by atoms with Gasteiger partial charge in [0.05, 0.1) is 16.2 Å². The Bertz CT molecular complexity index is 994. The summed E-state index contributed by atoms with van der Waals surface area (Å²) in [5.74, 6) is 0.567. The van der Waals surface area contributed by atoms with Gasteiger partial charge in [-0.3, -0.25) is 9.59 Å². The molecule has 0 aliphatic carbocycles. The Morgan fingerprint density at radius 2 is 1.83 bits per heavy atom. The molecule has 1 aromatic carbocycles. The lowest BCUT2D eigenvalue weighted by Gasteiger charge is -2.17. The zero-order valence-electron chi connectivity index (χ0n) is 13.7. The van der Waals surface area contributed by atoms with Crippen LogP contribution in [-0.4, -0.2) is 19.5 Å². The monoisotopic (exact) mass is 342 g/mol. The van der Waals surface area contributed by atoms with Gasteiger partial charge in [-0.2, -0.15) is 4.98 Å². The highest BCUT2D eigenvalue weighted by molar-refractivity contribution is 7.99. The topological polar surface area (TPSA) is 80.6 Å². The fourth-order valence-corrected chi connectivity index (χ4v) is 3.46. The molecule has 0 unspecified atom stereocenters. The predicted molar refractivity (Wildman–Crippen MR) is 95.5 cm³/mol. The lowest BCUT2D eigenvalue weighted by molar-refractivity contribution is 0.525. The molecule has 1 N–H and O–H groups in total. The van der Waals surface area contributed by atoms with Crippen LogP contribution >= 0.6 is 11.8 Å². The highest BCUT2D eigenvalue weighted by Crippen LogP contribution is 2.32. The molecule has 0 radical (unpaired) electrons. The van der Waals surface area contributed by atoms with Crippen LogP contribution in [0.3, 0.4) is 0 Å². The molecular weight excluding hydrogens is 324 g/mol. The van der Waals surface area contributed by atoms with Crippen LogP contribution in [0.2, 0.25) is 0 Å². The minimum absolute atomic E-state index is 0.151. The molecule has 3 aromatic rings. The van der Waals surface area contributed by atoms with E-state index in [0.717, 1.165) is 0 Å². The first-order valence-corrected chi connectivity index (χ1v) is 8.58. The van der Waals surface area contributed by atoms with Crippen molar-refractivity contribution in [2.24, 2.45) is 0 Å². The Morgan fingerprint density at radius 3 is 2.58 bits per heavy atom. The normalized spacial score (nSPS) is 12.7. The van der Waals surface area contributed by atoms with Crippen molar-refractivity contribution in [3.63, 3.8) is 0 Å². The van der Waals surface area contributed by atoms with Crippen LogP contribution in [0.1, 0.15) is 37.9 Å². The number of thioether (sulfide) groups is 1. The van der Waals surface area contributed by atoms with Crippen molar-refractivity contribution < 1.29 is 0 Å². The molecule has 2 aromatic heterocycles. The van der Waals surface area contributed by atoms with Crippen LogP contribution < -0.4 is 11.1 Å². The maximum Gasteiger partial charge on any atom is 0.273 e. The van der Waals surface area contributed by atoms with E-state index < -0.39 is 0 Å². The summed E-state index contributed by atoms with van der Waals surface area (Å²) in [6.45, 7) is 5.98. The van der Waals surface area contributed by atoms with Gasteiger partial charge >= 0.3 is 0 Å². The highest BCUT2D eigenvalue weighted by atomic mass is 32.2. The van der Waals surface area contributed by atoms with Gasteiger partial charge in [-0.15, -0.1) is 0 Å². The number of rotatable bonds is 4. The van der Waals surface area contributed by atoms with Crippen molar-refractivity contribution in [1.82, 2.24) is 19.5 Å². The van der Waals surface area contributed by atoms with Crippen molar-refractivity contribution in [2.45, 2.75) is 37.2 Å². The number of aromatic nitrogens is 4. The van der Waals surface area contributed by atoms with Gasteiger partial charge in [0.15, 0.2) is 5.16 Å². The molecule has 0 fully saturated rings. The second-order valence-electron chi connectivity index (χ2n) is 5.78. The summed E-state index contributed by atoms with van der Waals surface area (Å²) < 4.78 is 1.93. The second-order valence-corrected chi connectivity index (χ2v) is 7.09.